The first-order valence-electron chi connectivity index (χ1n) is 4.63. The van der Waals surface area contributed by atoms with Crippen molar-refractivity contribution in [3.63, 3.8) is 0 Å². The summed E-state index contributed by atoms with van der Waals surface area (Å²) in [5.74, 6) is 0.716. The molecule has 0 rings (SSSR count). The number of nitrogens with one attached hydrogen (secondary N) is 1. The number of nitrogens with two attached hydrogens (primary N) is 1. The molecule has 0 spiro atoms. The molecule has 0 aliphatic carbocycles. The Morgan fingerprint density at radius 1 is 1.36 bits per heavy atom. The Labute approximate surface area is 70.5 Å². The van der Waals surface area contributed by atoms with E-state index in [-0.39, 0.29) is 0 Å². The predicted molar refractivity (Wildman–Crippen MR) is 50.6 cm³/mol. The van der Waals surface area contributed by atoms with Crippen LogP contribution < -0.4 is 11.1 Å². The molecule has 68 valence electrons. The van der Waals surface area contributed by atoms with Gasteiger partial charge in [0.1, 0.15) is 0 Å². The molecular formula is C9H22N2. The molecule has 0 aromatic carbocycles. The quantitative estimate of drug-likeness (QED) is 0.573. The van der Waals surface area contributed by atoms with E-state index in [1.54, 1.807) is 0 Å². The third-order valence-corrected chi connectivity index (χ3v) is 1.61. The molecule has 0 aliphatic rings. The van der Waals surface area contributed by atoms with Gasteiger partial charge in [0.25, 0.3) is 0 Å². The Kier molecular flexibility index (Phi) is 6.57. The lowest BCUT2D eigenvalue weighted by Gasteiger charge is -2.14. The van der Waals surface area contributed by atoms with E-state index in [2.05, 4.69) is 26.1 Å². The highest BCUT2D eigenvalue weighted by molar-refractivity contribution is 4.65. The van der Waals surface area contributed by atoms with E-state index in [4.69, 9.17) is 5.73 Å². The van der Waals surface area contributed by atoms with E-state index in [9.17, 15) is 0 Å². The summed E-state index contributed by atoms with van der Waals surface area (Å²) < 4.78 is 0. The maximum Gasteiger partial charge on any atom is 0.0167 e. The lowest BCUT2D eigenvalue weighted by Crippen LogP contribution is -2.35. The van der Waals surface area contributed by atoms with Crippen LogP contribution in [0.25, 0.3) is 0 Å². The first kappa shape index (κ1) is 10.9. The van der Waals surface area contributed by atoms with Gasteiger partial charge in [0.15, 0.2) is 0 Å². The van der Waals surface area contributed by atoms with Gasteiger partial charge in [-0.3, -0.25) is 0 Å². The number of hydrogen-bond donors (Lipinski definition) is 2. The van der Waals surface area contributed by atoms with Crippen LogP contribution in [0.15, 0.2) is 0 Å². The lowest BCUT2D eigenvalue weighted by molar-refractivity contribution is 0.468. The second-order valence-electron chi connectivity index (χ2n) is 3.59. The monoisotopic (exact) mass is 158 g/mol. The van der Waals surface area contributed by atoms with Gasteiger partial charge in [-0.25, -0.2) is 0 Å². The molecule has 0 saturated carbocycles. The zero-order valence-corrected chi connectivity index (χ0v) is 8.06. The van der Waals surface area contributed by atoms with E-state index in [0.717, 1.165) is 19.5 Å². The molecule has 0 heterocycles. The largest absolute Gasteiger partial charge is 0.327 e. The average molecular weight is 158 g/mol. The zero-order chi connectivity index (χ0) is 8.69. The normalized spacial score (nSPS) is 13.9. The fourth-order valence-electron chi connectivity index (χ4n) is 1.15. The molecule has 0 fully saturated rings. The van der Waals surface area contributed by atoms with Crippen molar-refractivity contribution in [1.29, 1.82) is 0 Å². The van der Waals surface area contributed by atoms with Crippen LogP contribution in [-0.2, 0) is 0 Å². The fraction of sp³-hybridized carbons (Fsp3) is 1.00. The molecule has 11 heavy (non-hydrogen) atoms. The average Bonchev–Trinajstić information content (AvgIpc) is 1.86. The van der Waals surface area contributed by atoms with E-state index >= 15 is 0 Å². The van der Waals surface area contributed by atoms with Crippen molar-refractivity contribution in [2.75, 3.05) is 13.1 Å². The highest BCUT2D eigenvalue weighted by Gasteiger charge is 2.03. The Balaban J connectivity index is 3.15. The molecule has 0 bridgehead atoms. The molecular weight excluding hydrogens is 136 g/mol. The maximum absolute atomic E-state index is 5.85. The minimum absolute atomic E-state index is 0.335. The molecule has 0 aromatic rings. The summed E-state index contributed by atoms with van der Waals surface area (Å²) >= 11 is 0. The summed E-state index contributed by atoms with van der Waals surface area (Å²) in [5, 5.41) is 3.32. The summed E-state index contributed by atoms with van der Waals surface area (Å²) in [6.07, 6.45) is 2.31. The van der Waals surface area contributed by atoms with Crippen LogP contribution in [0.1, 0.15) is 33.6 Å². The van der Waals surface area contributed by atoms with Gasteiger partial charge >= 0.3 is 0 Å². The first-order chi connectivity index (χ1) is 5.16. The van der Waals surface area contributed by atoms with Crippen LogP contribution in [0.2, 0.25) is 0 Å². The van der Waals surface area contributed by atoms with E-state index < -0.39 is 0 Å². The molecule has 3 N–H and O–H groups in total. The van der Waals surface area contributed by atoms with E-state index in [1.807, 2.05) is 0 Å². The highest BCUT2D eigenvalue weighted by atomic mass is 14.9. The molecule has 0 saturated heterocycles. The zero-order valence-electron chi connectivity index (χ0n) is 8.06. The summed E-state index contributed by atoms with van der Waals surface area (Å²) in [6.45, 7) is 8.64. The fourth-order valence-corrected chi connectivity index (χ4v) is 1.15. The van der Waals surface area contributed by atoms with Gasteiger partial charge < -0.3 is 11.1 Å². The second-order valence-corrected chi connectivity index (χ2v) is 3.59. The van der Waals surface area contributed by atoms with E-state index in [0.29, 0.717) is 12.0 Å². The Morgan fingerprint density at radius 3 is 2.45 bits per heavy atom. The Bertz CT molecular complexity index is 81.6. The van der Waals surface area contributed by atoms with Crippen molar-refractivity contribution in [2.24, 2.45) is 11.7 Å². The third kappa shape index (κ3) is 7.82. The standard InChI is InChI=1S/C9H22N2/c1-4-5-11-7-9(10)6-8(2)3/h8-9,11H,4-7,10H2,1-3H3. The minimum atomic E-state index is 0.335. The predicted octanol–water partition coefficient (Wildman–Crippen LogP) is 1.36. The van der Waals surface area contributed by atoms with Crippen molar-refractivity contribution in [3.05, 3.63) is 0 Å². The summed E-state index contributed by atoms with van der Waals surface area (Å²) in [7, 11) is 0. The minimum Gasteiger partial charge on any atom is -0.327 e. The molecule has 0 radical (unpaired) electrons. The number of hydrogen-bond acceptors (Lipinski definition) is 2. The topological polar surface area (TPSA) is 38.0 Å². The lowest BCUT2D eigenvalue weighted by atomic mass is 10.0. The smallest absolute Gasteiger partial charge is 0.0167 e. The molecule has 0 aromatic heterocycles. The van der Waals surface area contributed by atoms with E-state index in [1.165, 1.54) is 6.42 Å². The van der Waals surface area contributed by atoms with Crippen LogP contribution in [0.4, 0.5) is 0 Å². The van der Waals surface area contributed by atoms with Crippen LogP contribution >= 0.6 is 0 Å². The molecule has 2 nitrogen and oxygen atoms in total. The van der Waals surface area contributed by atoms with Crippen molar-refractivity contribution in [2.45, 2.75) is 39.7 Å². The van der Waals surface area contributed by atoms with Crippen LogP contribution in [0.3, 0.4) is 0 Å². The summed E-state index contributed by atoms with van der Waals surface area (Å²) in [5.41, 5.74) is 5.85. The van der Waals surface area contributed by atoms with Crippen molar-refractivity contribution in [3.8, 4) is 0 Å². The van der Waals surface area contributed by atoms with Gasteiger partial charge in [0.05, 0.1) is 0 Å². The van der Waals surface area contributed by atoms with Gasteiger partial charge in [-0.05, 0) is 25.3 Å². The van der Waals surface area contributed by atoms with Crippen molar-refractivity contribution in [1.82, 2.24) is 5.32 Å². The number of rotatable bonds is 6. The third-order valence-electron chi connectivity index (χ3n) is 1.61. The van der Waals surface area contributed by atoms with Crippen LogP contribution in [0.5, 0.6) is 0 Å². The van der Waals surface area contributed by atoms with Gasteiger partial charge in [0, 0.05) is 12.6 Å². The molecule has 1 unspecified atom stereocenters. The van der Waals surface area contributed by atoms with Gasteiger partial charge in [0.2, 0.25) is 0 Å². The first-order valence-corrected chi connectivity index (χ1v) is 4.63. The Hall–Kier alpha value is -0.0800. The Morgan fingerprint density at radius 2 is 2.00 bits per heavy atom. The maximum atomic E-state index is 5.85. The SMILES string of the molecule is CCCNCC(N)CC(C)C. The molecule has 2 heteroatoms. The van der Waals surface area contributed by atoms with Crippen molar-refractivity contribution >= 4 is 0 Å². The molecule has 0 amide bonds. The van der Waals surface area contributed by atoms with Crippen LogP contribution in [0, 0.1) is 5.92 Å². The molecule has 1 atom stereocenters. The summed E-state index contributed by atoms with van der Waals surface area (Å²) in [4.78, 5) is 0. The van der Waals surface area contributed by atoms with Crippen molar-refractivity contribution < 1.29 is 0 Å². The van der Waals surface area contributed by atoms with Crippen LogP contribution in [-0.4, -0.2) is 19.1 Å². The summed E-state index contributed by atoms with van der Waals surface area (Å²) in [6, 6.07) is 0.335. The second kappa shape index (κ2) is 6.62. The molecule has 0 aliphatic heterocycles. The highest BCUT2D eigenvalue weighted by Crippen LogP contribution is 2.01. The van der Waals surface area contributed by atoms with Gasteiger partial charge in [-0.1, -0.05) is 20.8 Å². The van der Waals surface area contributed by atoms with Gasteiger partial charge in [-0.2, -0.15) is 0 Å². The van der Waals surface area contributed by atoms with Gasteiger partial charge in [-0.15, -0.1) is 0 Å².